The first-order valence-electron chi connectivity index (χ1n) is 9.81. The molecule has 1 atom stereocenters. The van der Waals surface area contributed by atoms with Gasteiger partial charge < -0.3 is 10.2 Å². The van der Waals surface area contributed by atoms with E-state index in [0.717, 1.165) is 41.4 Å². The lowest BCUT2D eigenvalue weighted by molar-refractivity contribution is -0.133. The number of likely N-dealkylation sites (tertiary alicyclic amines) is 1. The molecule has 0 radical (unpaired) electrons. The molecule has 3 aromatic carbocycles. The Bertz CT molecular complexity index is 979. The minimum absolute atomic E-state index is 0.00568. The van der Waals surface area contributed by atoms with Gasteiger partial charge in [0.2, 0.25) is 11.8 Å². The third-order valence-electron chi connectivity index (χ3n) is 5.41. The van der Waals surface area contributed by atoms with Crippen molar-refractivity contribution >= 4 is 28.3 Å². The molecular weight excluding hydrogens is 348 g/mol. The van der Waals surface area contributed by atoms with Gasteiger partial charge in [0.15, 0.2) is 0 Å². The molecular formula is C24H24N2O2. The zero-order chi connectivity index (χ0) is 19.3. The summed E-state index contributed by atoms with van der Waals surface area (Å²) in [6.07, 6.45) is 2.04. The molecule has 0 saturated carbocycles. The minimum atomic E-state index is -0.162. The standard InChI is InChI=1S/C24H24N2O2/c27-23(16-19-10-6-9-18-8-4-5-14-22(18)19)26-15-7-11-20(17-26)24(28)25-21-12-2-1-3-13-21/h1-6,8-10,12-14,20H,7,11,15-17H2,(H,25,28). The van der Waals surface area contributed by atoms with E-state index in [-0.39, 0.29) is 17.7 Å². The second-order valence-corrected chi connectivity index (χ2v) is 7.35. The van der Waals surface area contributed by atoms with Crippen LogP contribution in [0.2, 0.25) is 0 Å². The average Bonchev–Trinajstić information content (AvgIpc) is 2.75. The summed E-state index contributed by atoms with van der Waals surface area (Å²) in [6.45, 7) is 1.21. The fraction of sp³-hybridized carbons (Fsp3) is 0.250. The van der Waals surface area contributed by atoms with Crippen molar-refractivity contribution in [2.24, 2.45) is 5.92 Å². The zero-order valence-corrected chi connectivity index (χ0v) is 15.8. The van der Waals surface area contributed by atoms with Gasteiger partial charge in [-0.2, -0.15) is 0 Å². The van der Waals surface area contributed by atoms with Gasteiger partial charge in [-0.05, 0) is 41.3 Å². The van der Waals surface area contributed by atoms with Crippen LogP contribution in [0.15, 0.2) is 72.8 Å². The van der Waals surface area contributed by atoms with Crippen molar-refractivity contribution in [1.29, 1.82) is 0 Å². The molecule has 1 saturated heterocycles. The van der Waals surface area contributed by atoms with Gasteiger partial charge >= 0.3 is 0 Å². The van der Waals surface area contributed by atoms with Crippen LogP contribution in [0.25, 0.3) is 10.8 Å². The van der Waals surface area contributed by atoms with Crippen molar-refractivity contribution in [3.05, 3.63) is 78.4 Å². The maximum Gasteiger partial charge on any atom is 0.229 e. The first-order valence-corrected chi connectivity index (χ1v) is 9.81. The number of hydrogen-bond donors (Lipinski definition) is 1. The molecule has 0 aromatic heterocycles. The van der Waals surface area contributed by atoms with E-state index in [1.165, 1.54) is 0 Å². The molecule has 4 heteroatoms. The van der Waals surface area contributed by atoms with Crippen molar-refractivity contribution in [3.8, 4) is 0 Å². The first-order chi connectivity index (χ1) is 13.7. The fourth-order valence-electron chi connectivity index (χ4n) is 3.90. The number of amides is 2. The topological polar surface area (TPSA) is 49.4 Å². The van der Waals surface area contributed by atoms with Crippen molar-refractivity contribution in [2.45, 2.75) is 19.3 Å². The van der Waals surface area contributed by atoms with Gasteiger partial charge in [-0.25, -0.2) is 0 Å². The van der Waals surface area contributed by atoms with Gasteiger partial charge in [-0.3, -0.25) is 9.59 Å². The van der Waals surface area contributed by atoms with E-state index in [9.17, 15) is 9.59 Å². The van der Waals surface area contributed by atoms with E-state index < -0.39 is 0 Å². The summed E-state index contributed by atoms with van der Waals surface area (Å²) in [6, 6.07) is 23.7. The summed E-state index contributed by atoms with van der Waals surface area (Å²) in [5.41, 5.74) is 1.84. The first kappa shape index (κ1) is 18.2. The second kappa shape index (κ2) is 8.26. The lowest BCUT2D eigenvalue weighted by Crippen LogP contribution is -2.44. The molecule has 0 aliphatic carbocycles. The van der Waals surface area contributed by atoms with Crippen molar-refractivity contribution in [2.75, 3.05) is 18.4 Å². The van der Waals surface area contributed by atoms with Crippen LogP contribution in [0, 0.1) is 5.92 Å². The van der Waals surface area contributed by atoms with Crippen LogP contribution in [0.3, 0.4) is 0 Å². The summed E-state index contributed by atoms with van der Waals surface area (Å²) in [5, 5.41) is 5.23. The Morgan fingerprint density at radius 3 is 2.54 bits per heavy atom. The van der Waals surface area contributed by atoms with Crippen LogP contribution in [0.1, 0.15) is 18.4 Å². The predicted octanol–water partition coefficient (Wildman–Crippen LogP) is 4.26. The van der Waals surface area contributed by atoms with Gasteiger partial charge in [0.05, 0.1) is 12.3 Å². The smallest absolute Gasteiger partial charge is 0.229 e. The SMILES string of the molecule is O=C(Nc1ccccc1)C1CCCN(C(=O)Cc2cccc3ccccc23)C1. The third kappa shape index (κ3) is 4.06. The summed E-state index contributed by atoms with van der Waals surface area (Å²) in [7, 11) is 0. The number of nitrogens with one attached hydrogen (secondary N) is 1. The van der Waals surface area contributed by atoms with Gasteiger partial charge in [-0.15, -0.1) is 0 Å². The number of carbonyl (C=O) groups is 2. The molecule has 1 heterocycles. The number of para-hydroxylation sites is 1. The highest BCUT2D eigenvalue weighted by molar-refractivity contribution is 5.94. The highest BCUT2D eigenvalue weighted by Gasteiger charge is 2.28. The predicted molar refractivity (Wildman–Crippen MR) is 112 cm³/mol. The quantitative estimate of drug-likeness (QED) is 0.744. The van der Waals surface area contributed by atoms with Gasteiger partial charge in [0, 0.05) is 18.8 Å². The highest BCUT2D eigenvalue weighted by atomic mass is 16.2. The molecule has 1 aliphatic rings. The number of carbonyl (C=O) groups excluding carboxylic acids is 2. The van der Waals surface area contributed by atoms with Crippen LogP contribution in [0.4, 0.5) is 5.69 Å². The highest BCUT2D eigenvalue weighted by Crippen LogP contribution is 2.22. The number of fused-ring (bicyclic) bond motifs is 1. The normalized spacial score (nSPS) is 16.7. The van der Waals surface area contributed by atoms with Gasteiger partial charge in [0.25, 0.3) is 0 Å². The van der Waals surface area contributed by atoms with Crippen LogP contribution in [-0.2, 0) is 16.0 Å². The van der Waals surface area contributed by atoms with Crippen molar-refractivity contribution < 1.29 is 9.59 Å². The lowest BCUT2D eigenvalue weighted by Gasteiger charge is -2.32. The third-order valence-corrected chi connectivity index (χ3v) is 5.41. The van der Waals surface area contributed by atoms with E-state index in [2.05, 4.69) is 23.5 Å². The van der Waals surface area contributed by atoms with Gasteiger partial charge in [0.1, 0.15) is 0 Å². The number of rotatable bonds is 4. The average molecular weight is 372 g/mol. The van der Waals surface area contributed by atoms with Crippen molar-refractivity contribution in [1.82, 2.24) is 4.90 Å². The number of benzene rings is 3. The molecule has 4 rings (SSSR count). The Balaban J connectivity index is 1.42. The minimum Gasteiger partial charge on any atom is -0.342 e. The number of nitrogens with zero attached hydrogens (tertiary/aromatic N) is 1. The van der Waals surface area contributed by atoms with Crippen LogP contribution < -0.4 is 5.32 Å². The maximum atomic E-state index is 12.9. The van der Waals surface area contributed by atoms with Crippen LogP contribution >= 0.6 is 0 Å². The molecule has 0 spiro atoms. The van der Waals surface area contributed by atoms with E-state index in [1.54, 1.807) is 0 Å². The molecule has 0 bridgehead atoms. The van der Waals surface area contributed by atoms with E-state index in [1.807, 2.05) is 59.5 Å². The summed E-state index contributed by atoms with van der Waals surface area (Å²) < 4.78 is 0. The fourth-order valence-corrected chi connectivity index (χ4v) is 3.90. The number of hydrogen-bond acceptors (Lipinski definition) is 2. The Morgan fingerprint density at radius 1 is 0.929 bits per heavy atom. The van der Waals surface area contributed by atoms with Gasteiger partial charge in [-0.1, -0.05) is 60.7 Å². The molecule has 2 amide bonds. The van der Waals surface area contributed by atoms with E-state index in [4.69, 9.17) is 0 Å². The largest absolute Gasteiger partial charge is 0.342 e. The van der Waals surface area contributed by atoms with Crippen LogP contribution in [0.5, 0.6) is 0 Å². The summed E-state index contributed by atoms with van der Waals surface area (Å²) in [4.78, 5) is 27.4. The summed E-state index contributed by atoms with van der Waals surface area (Å²) in [5.74, 6) is -0.0761. The Labute approximate surface area is 165 Å². The monoisotopic (exact) mass is 372 g/mol. The number of anilines is 1. The maximum absolute atomic E-state index is 12.9. The van der Waals surface area contributed by atoms with E-state index in [0.29, 0.717) is 13.0 Å². The molecule has 1 unspecified atom stereocenters. The van der Waals surface area contributed by atoms with E-state index >= 15 is 0 Å². The molecule has 4 nitrogen and oxygen atoms in total. The Kier molecular flexibility index (Phi) is 5.38. The lowest BCUT2D eigenvalue weighted by atomic mass is 9.95. The molecule has 1 N–H and O–H groups in total. The van der Waals surface area contributed by atoms with Crippen LogP contribution in [-0.4, -0.2) is 29.8 Å². The number of piperidine rings is 1. The Morgan fingerprint density at radius 2 is 1.68 bits per heavy atom. The molecule has 1 fully saturated rings. The molecule has 28 heavy (non-hydrogen) atoms. The second-order valence-electron chi connectivity index (χ2n) is 7.35. The molecule has 142 valence electrons. The zero-order valence-electron chi connectivity index (χ0n) is 15.8. The molecule has 3 aromatic rings. The summed E-state index contributed by atoms with van der Waals surface area (Å²) >= 11 is 0. The van der Waals surface area contributed by atoms with Crippen molar-refractivity contribution in [3.63, 3.8) is 0 Å². The molecule has 1 aliphatic heterocycles. The Hall–Kier alpha value is -3.14.